The van der Waals surface area contributed by atoms with Crippen LogP contribution in [0.3, 0.4) is 0 Å². The van der Waals surface area contributed by atoms with Crippen molar-refractivity contribution in [3.63, 3.8) is 0 Å². The smallest absolute Gasteiger partial charge is 0.320 e. The molecule has 0 radical (unpaired) electrons. The molecule has 0 aromatic carbocycles. The second-order valence-electron chi connectivity index (χ2n) is 4.10. The molecule has 2 N–H and O–H groups in total. The number of carbonyl (C=O) groups excluding carboxylic acids is 1. The van der Waals surface area contributed by atoms with Crippen molar-refractivity contribution in [3.05, 3.63) is 0 Å². The van der Waals surface area contributed by atoms with Gasteiger partial charge in [-0.3, -0.25) is 0 Å². The number of methoxy groups -OCH3 is 1. The number of carbonyl (C=O) groups is 1. The quantitative estimate of drug-likeness (QED) is 0.747. The molecule has 0 bridgehead atoms. The highest BCUT2D eigenvalue weighted by Crippen LogP contribution is 2.10. The third kappa shape index (κ3) is 3.98. The average Bonchev–Trinajstić information content (AvgIpc) is 2.35. The maximum Gasteiger partial charge on any atom is 0.320 e. The predicted molar refractivity (Wildman–Crippen MR) is 63.3 cm³/mol. The van der Waals surface area contributed by atoms with Crippen LogP contribution in [0.1, 0.15) is 19.3 Å². The van der Waals surface area contributed by atoms with E-state index in [1.807, 2.05) is 4.90 Å². The molecule has 1 aliphatic rings. The van der Waals surface area contributed by atoms with Gasteiger partial charge in [0.25, 0.3) is 0 Å². The van der Waals surface area contributed by atoms with Crippen LogP contribution in [0.2, 0.25) is 0 Å². The highest BCUT2D eigenvalue weighted by atomic mass is 16.5. The van der Waals surface area contributed by atoms with Crippen LogP contribution in [-0.2, 0) is 4.74 Å². The number of likely N-dealkylation sites (tertiary alicyclic amines) is 1. The van der Waals surface area contributed by atoms with E-state index in [2.05, 4.69) is 0 Å². The predicted octanol–water partition coefficient (Wildman–Crippen LogP) is 0.499. The third-order valence-electron chi connectivity index (χ3n) is 2.86. The molecule has 0 atom stereocenters. The molecule has 0 spiro atoms. The molecule has 2 amide bonds. The van der Waals surface area contributed by atoms with Gasteiger partial charge in [0.1, 0.15) is 0 Å². The van der Waals surface area contributed by atoms with Crippen molar-refractivity contribution in [3.8, 4) is 0 Å². The van der Waals surface area contributed by atoms with E-state index in [0.717, 1.165) is 25.9 Å². The molecule has 16 heavy (non-hydrogen) atoms. The molecule has 5 nitrogen and oxygen atoms in total. The molecule has 1 saturated heterocycles. The van der Waals surface area contributed by atoms with Gasteiger partial charge in [-0.15, -0.1) is 0 Å². The molecule has 0 aromatic rings. The normalized spacial score (nSPS) is 16.2. The largest absolute Gasteiger partial charge is 0.383 e. The summed E-state index contributed by atoms with van der Waals surface area (Å²) in [6, 6.07) is 0.113. The highest BCUT2D eigenvalue weighted by Gasteiger charge is 2.21. The Balaban J connectivity index is 2.44. The van der Waals surface area contributed by atoms with Crippen molar-refractivity contribution in [2.24, 2.45) is 5.73 Å². The monoisotopic (exact) mass is 229 g/mol. The summed E-state index contributed by atoms with van der Waals surface area (Å²) in [6.45, 7) is 4.07. The van der Waals surface area contributed by atoms with E-state index in [4.69, 9.17) is 10.5 Å². The zero-order chi connectivity index (χ0) is 11.8. The molecule has 5 heteroatoms. The van der Waals surface area contributed by atoms with Gasteiger partial charge in [-0.05, 0) is 19.3 Å². The lowest BCUT2D eigenvalue weighted by atomic mass is 10.1. The maximum atomic E-state index is 12.1. The first kappa shape index (κ1) is 13.3. The third-order valence-corrected chi connectivity index (χ3v) is 2.86. The van der Waals surface area contributed by atoms with Crippen LogP contribution in [0.25, 0.3) is 0 Å². The number of hydrogen-bond donors (Lipinski definition) is 1. The van der Waals surface area contributed by atoms with Gasteiger partial charge in [-0.2, -0.15) is 0 Å². The molecule has 0 unspecified atom stereocenters. The Hall–Kier alpha value is -0.810. The summed E-state index contributed by atoms with van der Waals surface area (Å²) in [7, 11) is 1.64. The zero-order valence-electron chi connectivity index (χ0n) is 10.2. The van der Waals surface area contributed by atoms with Crippen LogP contribution in [0.4, 0.5) is 4.79 Å². The van der Waals surface area contributed by atoms with E-state index in [-0.39, 0.29) is 6.03 Å². The zero-order valence-corrected chi connectivity index (χ0v) is 10.2. The number of ether oxygens (including phenoxy) is 1. The van der Waals surface area contributed by atoms with Gasteiger partial charge in [0.2, 0.25) is 0 Å². The van der Waals surface area contributed by atoms with Gasteiger partial charge >= 0.3 is 6.03 Å². The number of urea groups is 1. The lowest BCUT2D eigenvalue weighted by Gasteiger charge is -2.32. The molecule has 0 aromatic heterocycles. The maximum absolute atomic E-state index is 12.1. The fraction of sp³-hybridized carbons (Fsp3) is 0.909. The second-order valence-corrected chi connectivity index (χ2v) is 4.10. The first-order chi connectivity index (χ1) is 7.79. The van der Waals surface area contributed by atoms with Crippen LogP contribution in [0.5, 0.6) is 0 Å². The van der Waals surface area contributed by atoms with Gasteiger partial charge in [-0.25, -0.2) is 4.79 Å². The Morgan fingerprint density at radius 1 is 1.31 bits per heavy atom. The molecular weight excluding hydrogens is 206 g/mol. The summed E-state index contributed by atoms with van der Waals surface area (Å²) in [5, 5.41) is 0. The van der Waals surface area contributed by atoms with E-state index in [9.17, 15) is 4.79 Å². The van der Waals surface area contributed by atoms with Gasteiger partial charge in [0.15, 0.2) is 0 Å². The minimum Gasteiger partial charge on any atom is -0.383 e. The molecule has 94 valence electrons. The van der Waals surface area contributed by atoms with Gasteiger partial charge in [-0.1, -0.05) is 0 Å². The highest BCUT2D eigenvalue weighted by molar-refractivity contribution is 5.74. The second kappa shape index (κ2) is 7.46. The molecular formula is C11H23N3O2. The van der Waals surface area contributed by atoms with E-state index < -0.39 is 0 Å². The number of piperidine rings is 1. The summed E-state index contributed by atoms with van der Waals surface area (Å²) in [6.07, 6.45) is 3.47. The van der Waals surface area contributed by atoms with E-state index in [0.29, 0.717) is 26.2 Å². The fourth-order valence-electron chi connectivity index (χ4n) is 1.95. The van der Waals surface area contributed by atoms with Crippen molar-refractivity contribution < 1.29 is 9.53 Å². The number of amides is 2. The summed E-state index contributed by atoms with van der Waals surface area (Å²) >= 11 is 0. The molecule has 1 rings (SSSR count). The Morgan fingerprint density at radius 2 is 2.00 bits per heavy atom. The summed E-state index contributed by atoms with van der Waals surface area (Å²) in [5.41, 5.74) is 5.52. The number of hydrogen-bond acceptors (Lipinski definition) is 3. The van der Waals surface area contributed by atoms with Crippen LogP contribution < -0.4 is 5.73 Å². The average molecular weight is 229 g/mol. The van der Waals surface area contributed by atoms with Crippen LogP contribution in [0, 0.1) is 0 Å². The first-order valence-corrected chi connectivity index (χ1v) is 6.02. The minimum atomic E-state index is 0.113. The Bertz CT molecular complexity index is 205. The lowest BCUT2D eigenvalue weighted by molar-refractivity contribution is 0.120. The summed E-state index contributed by atoms with van der Waals surface area (Å²) in [4.78, 5) is 15.8. The Labute approximate surface area is 97.5 Å². The van der Waals surface area contributed by atoms with Crippen molar-refractivity contribution in [1.29, 1.82) is 0 Å². The SMILES string of the molecule is COCCN(CCN)C(=O)N1CCCCC1. The van der Waals surface area contributed by atoms with Crippen LogP contribution in [-0.4, -0.2) is 62.3 Å². The molecule has 0 aliphatic carbocycles. The van der Waals surface area contributed by atoms with Crippen molar-refractivity contribution in [2.45, 2.75) is 19.3 Å². The lowest BCUT2D eigenvalue weighted by Crippen LogP contribution is -2.48. The standard InChI is InChI=1S/C11H23N3O2/c1-16-10-9-14(8-5-12)11(15)13-6-3-2-4-7-13/h2-10,12H2,1H3. The van der Waals surface area contributed by atoms with Crippen molar-refractivity contribution in [2.75, 3.05) is 46.4 Å². The topological polar surface area (TPSA) is 58.8 Å². The van der Waals surface area contributed by atoms with Gasteiger partial charge in [0.05, 0.1) is 6.61 Å². The van der Waals surface area contributed by atoms with E-state index in [1.54, 1.807) is 12.0 Å². The molecule has 1 heterocycles. The fourth-order valence-corrected chi connectivity index (χ4v) is 1.95. The molecule has 1 fully saturated rings. The Morgan fingerprint density at radius 3 is 2.56 bits per heavy atom. The first-order valence-electron chi connectivity index (χ1n) is 6.02. The Kier molecular flexibility index (Phi) is 6.18. The van der Waals surface area contributed by atoms with Gasteiger partial charge < -0.3 is 20.3 Å². The minimum absolute atomic E-state index is 0.113. The molecule has 1 aliphatic heterocycles. The van der Waals surface area contributed by atoms with Gasteiger partial charge in [0, 0.05) is 39.8 Å². The van der Waals surface area contributed by atoms with Crippen molar-refractivity contribution >= 4 is 6.03 Å². The van der Waals surface area contributed by atoms with E-state index >= 15 is 0 Å². The summed E-state index contributed by atoms with van der Waals surface area (Å²) in [5.74, 6) is 0. The van der Waals surface area contributed by atoms with Crippen molar-refractivity contribution in [1.82, 2.24) is 9.80 Å². The summed E-state index contributed by atoms with van der Waals surface area (Å²) < 4.78 is 5.00. The number of nitrogens with two attached hydrogens (primary N) is 1. The van der Waals surface area contributed by atoms with Crippen LogP contribution in [0.15, 0.2) is 0 Å². The number of nitrogens with zero attached hydrogens (tertiary/aromatic N) is 2. The number of rotatable bonds is 5. The molecule has 0 saturated carbocycles. The van der Waals surface area contributed by atoms with Crippen LogP contribution >= 0.6 is 0 Å². The van der Waals surface area contributed by atoms with E-state index in [1.165, 1.54) is 6.42 Å².